The summed E-state index contributed by atoms with van der Waals surface area (Å²) in [5.74, 6) is 0.921. The Labute approximate surface area is 146 Å². The molecule has 0 unspecified atom stereocenters. The molecule has 130 valence electrons. The molecule has 0 spiro atoms. The lowest BCUT2D eigenvalue weighted by Crippen LogP contribution is -2.26. The Balaban J connectivity index is 1.70. The van der Waals surface area contributed by atoms with E-state index in [0.29, 0.717) is 24.4 Å². The normalized spacial score (nSPS) is 11.2. The van der Waals surface area contributed by atoms with Crippen molar-refractivity contribution in [3.63, 3.8) is 0 Å². The second-order valence-electron chi connectivity index (χ2n) is 6.53. The third-order valence-corrected chi connectivity index (χ3v) is 4.02. The van der Waals surface area contributed by atoms with Crippen molar-refractivity contribution in [3.05, 3.63) is 65.7 Å². The molecule has 3 rings (SSSR count). The van der Waals surface area contributed by atoms with Crippen molar-refractivity contribution >= 4 is 16.9 Å². The highest BCUT2D eigenvalue weighted by molar-refractivity contribution is 5.94. The first-order chi connectivity index (χ1) is 12.0. The minimum absolute atomic E-state index is 0.202. The number of carbonyl (C=O) groups is 1. The fraction of sp³-hybridized carbons (Fsp3) is 0.300. The number of fused-ring (bicyclic) bond motifs is 1. The van der Waals surface area contributed by atoms with Crippen LogP contribution in [0.1, 0.15) is 30.0 Å². The third kappa shape index (κ3) is 4.05. The predicted molar refractivity (Wildman–Crippen MR) is 97.0 cm³/mol. The molecule has 0 aliphatic heterocycles. The van der Waals surface area contributed by atoms with Gasteiger partial charge in [-0.25, -0.2) is 9.37 Å². The Bertz CT molecular complexity index is 868. The van der Waals surface area contributed by atoms with Gasteiger partial charge in [0.25, 0.3) is 5.91 Å². The van der Waals surface area contributed by atoms with E-state index in [2.05, 4.69) is 29.8 Å². The molecule has 0 saturated carbocycles. The van der Waals surface area contributed by atoms with Gasteiger partial charge in [0.1, 0.15) is 11.6 Å². The van der Waals surface area contributed by atoms with Crippen LogP contribution in [0.5, 0.6) is 0 Å². The summed E-state index contributed by atoms with van der Waals surface area (Å²) in [6.07, 6.45) is 0.647. The summed E-state index contributed by atoms with van der Waals surface area (Å²) >= 11 is 0. The van der Waals surface area contributed by atoms with E-state index in [4.69, 9.17) is 4.98 Å². The zero-order chi connectivity index (χ0) is 17.8. The van der Waals surface area contributed by atoms with Crippen LogP contribution in [0.2, 0.25) is 0 Å². The molecule has 0 aliphatic carbocycles. The van der Waals surface area contributed by atoms with Crippen molar-refractivity contribution in [1.82, 2.24) is 14.9 Å². The molecule has 0 aliphatic rings. The monoisotopic (exact) mass is 339 g/mol. The van der Waals surface area contributed by atoms with E-state index in [1.165, 1.54) is 24.3 Å². The zero-order valence-electron chi connectivity index (χ0n) is 14.5. The number of imidazole rings is 1. The van der Waals surface area contributed by atoms with Crippen LogP contribution < -0.4 is 5.32 Å². The molecule has 0 fully saturated rings. The van der Waals surface area contributed by atoms with Crippen LogP contribution in [0.4, 0.5) is 4.39 Å². The minimum atomic E-state index is -0.348. The van der Waals surface area contributed by atoms with Crippen molar-refractivity contribution in [2.24, 2.45) is 5.92 Å². The van der Waals surface area contributed by atoms with Gasteiger partial charge in [0, 0.05) is 25.1 Å². The lowest BCUT2D eigenvalue weighted by molar-refractivity contribution is 0.0954. The van der Waals surface area contributed by atoms with Crippen LogP contribution >= 0.6 is 0 Å². The Kier molecular flexibility index (Phi) is 5.12. The molecule has 0 saturated heterocycles. The number of benzene rings is 2. The molecule has 2 aromatic carbocycles. The Morgan fingerprint density at radius 1 is 1.16 bits per heavy atom. The van der Waals surface area contributed by atoms with Gasteiger partial charge >= 0.3 is 0 Å². The minimum Gasteiger partial charge on any atom is -0.352 e. The number of nitrogens with one attached hydrogen (secondary N) is 1. The Morgan fingerprint density at radius 2 is 1.88 bits per heavy atom. The maximum absolute atomic E-state index is 12.9. The number of para-hydroxylation sites is 2. The van der Waals surface area contributed by atoms with Crippen LogP contribution in [0, 0.1) is 11.7 Å². The largest absolute Gasteiger partial charge is 0.352 e. The van der Waals surface area contributed by atoms with E-state index in [9.17, 15) is 9.18 Å². The highest BCUT2D eigenvalue weighted by atomic mass is 19.1. The number of aromatic nitrogens is 2. The average molecular weight is 339 g/mol. The van der Waals surface area contributed by atoms with E-state index < -0.39 is 0 Å². The van der Waals surface area contributed by atoms with Gasteiger partial charge in [-0.2, -0.15) is 0 Å². The van der Waals surface area contributed by atoms with Gasteiger partial charge in [-0.05, 0) is 42.3 Å². The number of rotatable bonds is 6. The Hall–Kier alpha value is -2.69. The van der Waals surface area contributed by atoms with Crippen molar-refractivity contribution in [1.29, 1.82) is 0 Å². The summed E-state index contributed by atoms with van der Waals surface area (Å²) in [7, 11) is 0. The van der Waals surface area contributed by atoms with Crippen LogP contribution in [0.3, 0.4) is 0 Å². The molecule has 5 heteroatoms. The number of carbonyl (C=O) groups excluding carboxylic acids is 1. The second-order valence-corrected chi connectivity index (χ2v) is 6.53. The van der Waals surface area contributed by atoms with E-state index in [1.807, 2.05) is 18.2 Å². The van der Waals surface area contributed by atoms with Gasteiger partial charge in [0.15, 0.2) is 0 Å². The van der Waals surface area contributed by atoms with Gasteiger partial charge < -0.3 is 9.88 Å². The van der Waals surface area contributed by atoms with Crippen molar-refractivity contribution < 1.29 is 9.18 Å². The highest BCUT2D eigenvalue weighted by Gasteiger charge is 2.12. The molecule has 4 nitrogen and oxygen atoms in total. The molecule has 0 radical (unpaired) electrons. The smallest absolute Gasteiger partial charge is 0.251 e. The van der Waals surface area contributed by atoms with E-state index >= 15 is 0 Å². The van der Waals surface area contributed by atoms with E-state index in [0.717, 1.165) is 23.4 Å². The fourth-order valence-corrected chi connectivity index (χ4v) is 2.88. The van der Waals surface area contributed by atoms with Crippen LogP contribution in [-0.2, 0) is 13.0 Å². The summed E-state index contributed by atoms with van der Waals surface area (Å²) in [4.78, 5) is 16.8. The van der Waals surface area contributed by atoms with Crippen molar-refractivity contribution in [2.75, 3.05) is 6.54 Å². The first kappa shape index (κ1) is 17.1. The molecule has 0 atom stereocenters. The van der Waals surface area contributed by atoms with Crippen LogP contribution in [0.15, 0.2) is 48.5 Å². The lowest BCUT2D eigenvalue weighted by atomic mass is 10.2. The summed E-state index contributed by atoms with van der Waals surface area (Å²) in [5, 5.41) is 2.88. The van der Waals surface area contributed by atoms with Crippen molar-refractivity contribution in [2.45, 2.75) is 26.8 Å². The molecule has 3 aromatic rings. The Morgan fingerprint density at radius 3 is 2.60 bits per heavy atom. The molecule has 1 heterocycles. The summed E-state index contributed by atoms with van der Waals surface area (Å²) < 4.78 is 15.2. The summed E-state index contributed by atoms with van der Waals surface area (Å²) in [6.45, 7) is 5.73. The van der Waals surface area contributed by atoms with Gasteiger partial charge in [-0.1, -0.05) is 26.0 Å². The SMILES string of the molecule is CC(C)Cn1c(CCNC(=O)c2ccc(F)cc2)nc2ccccc21. The first-order valence-corrected chi connectivity index (χ1v) is 8.52. The number of nitrogens with zero attached hydrogens (tertiary/aromatic N) is 2. The summed E-state index contributed by atoms with van der Waals surface area (Å²) in [5.41, 5.74) is 2.55. The predicted octanol–water partition coefficient (Wildman–Crippen LogP) is 3.80. The second kappa shape index (κ2) is 7.47. The van der Waals surface area contributed by atoms with E-state index in [1.54, 1.807) is 0 Å². The van der Waals surface area contributed by atoms with Crippen LogP contribution in [0.25, 0.3) is 11.0 Å². The maximum Gasteiger partial charge on any atom is 0.251 e. The van der Waals surface area contributed by atoms with Gasteiger partial charge in [0.05, 0.1) is 11.0 Å². The molecule has 1 aromatic heterocycles. The molecule has 1 N–H and O–H groups in total. The fourth-order valence-electron chi connectivity index (χ4n) is 2.88. The molecule has 25 heavy (non-hydrogen) atoms. The number of halogens is 1. The molecular weight excluding hydrogens is 317 g/mol. The lowest BCUT2D eigenvalue weighted by Gasteiger charge is -2.12. The van der Waals surface area contributed by atoms with Gasteiger partial charge in [0.2, 0.25) is 0 Å². The third-order valence-electron chi connectivity index (χ3n) is 4.02. The molecule has 1 amide bonds. The zero-order valence-corrected chi connectivity index (χ0v) is 14.5. The van der Waals surface area contributed by atoms with Crippen LogP contribution in [-0.4, -0.2) is 22.0 Å². The average Bonchev–Trinajstić information content (AvgIpc) is 2.93. The number of amides is 1. The first-order valence-electron chi connectivity index (χ1n) is 8.52. The highest BCUT2D eigenvalue weighted by Crippen LogP contribution is 2.18. The number of hydrogen-bond donors (Lipinski definition) is 1. The standard InChI is InChI=1S/C20H22FN3O/c1-14(2)13-24-18-6-4-3-5-17(18)23-19(24)11-12-22-20(25)15-7-9-16(21)10-8-15/h3-10,14H,11-13H2,1-2H3,(H,22,25). The summed E-state index contributed by atoms with van der Waals surface area (Å²) in [6, 6.07) is 13.6. The quantitative estimate of drug-likeness (QED) is 0.742. The number of hydrogen-bond acceptors (Lipinski definition) is 2. The topological polar surface area (TPSA) is 46.9 Å². The van der Waals surface area contributed by atoms with Gasteiger partial charge in [-0.15, -0.1) is 0 Å². The van der Waals surface area contributed by atoms with Gasteiger partial charge in [-0.3, -0.25) is 4.79 Å². The maximum atomic E-state index is 12.9. The molecule has 0 bridgehead atoms. The van der Waals surface area contributed by atoms with Crippen molar-refractivity contribution in [3.8, 4) is 0 Å². The van der Waals surface area contributed by atoms with E-state index in [-0.39, 0.29) is 11.7 Å². The molecular formula is C20H22FN3O.